The molecule has 6 N–H and O–H groups in total. The molecule has 0 saturated heterocycles. The van der Waals surface area contributed by atoms with Crippen molar-refractivity contribution in [2.24, 2.45) is 17.2 Å². The van der Waals surface area contributed by atoms with Crippen LogP contribution in [0.1, 0.15) is 27.8 Å². The van der Waals surface area contributed by atoms with Crippen LogP contribution >= 0.6 is 0 Å². The van der Waals surface area contributed by atoms with Crippen LogP contribution in [-0.2, 0) is 33.6 Å². The van der Waals surface area contributed by atoms with Gasteiger partial charge in [0.1, 0.15) is 35.4 Å². The van der Waals surface area contributed by atoms with Gasteiger partial charge in [-0.15, -0.1) is 0 Å². The molecule has 0 aliphatic rings. The van der Waals surface area contributed by atoms with Gasteiger partial charge in [0, 0.05) is 6.07 Å². The number of rotatable bonds is 14. The maximum absolute atomic E-state index is 13.0. The molecule has 0 aliphatic heterocycles. The van der Waals surface area contributed by atoms with Crippen molar-refractivity contribution in [1.29, 1.82) is 0 Å². The summed E-state index contributed by atoms with van der Waals surface area (Å²) in [5.74, 6) is -1.15. The molecule has 0 heterocycles. The monoisotopic (exact) mass is 669 g/mol. The van der Waals surface area contributed by atoms with E-state index >= 15 is 0 Å². The van der Waals surface area contributed by atoms with Gasteiger partial charge in [0.25, 0.3) is 0 Å². The predicted molar refractivity (Wildman–Crippen MR) is 193 cm³/mol. The van der Waals surface area contributed by atoms with Crippen LogP contribution in [0.15, 0.2) is 133 Å². The number of nitrogens with two attached hydrogens (primary N) is 3. The summed E-state index contributed by atoms with van der Waals surface area (Å²) in [6.45, 7) is 0. The van der Waals surface area contributed by atoms with Crippen molar-refractivity contribution in [3.8, 4) is 17.2 Å². The Hall–Kier alpha value is -5.87. The lowest BCUT2D eigenvalue weighted by Gasteiger charge is -2.15. The predicted octanol–water partition coefficient (Wildman–Crippen LogP) is 5.28. The van der Waals surface area contributed by atoms with Gasteiger partial charge in [0.2, 0.25) is 0 Å². The summed E-state index contributed by atoms with van der Waals surface area (Å²) in [5.41, 5.74) is 22.5. The molecule has 9 heteroatoms. The smallest absolute Gasteiger partial charge is 0.328 e. The van der Waals surface area contributed by atoms with Gasteiger partial charge in [-0.05, 0) is 71.3 Å². The van der Waals surface area contributed by atoms with E-state index in [1.165, 1.54) is 6.07 Å². The lowest BCUT2D eigenvalue weighted by atomic mass is 10.1. The fourth-order valence-corrected chi connectivity index (χ4v) is 5.08. The number of hydrogen-bond acceptors (Lipinski definition) is 9. The zero-order valence-electron chi connectivity index (χ0n) is 27.4. The second-order valence-electron chi connectivity index (χ2n) is 11.8. The first-order chi connectivity index (χ1) is 24.2. The first kappa shape index (κ1) is 35.4. The standard InChI is InChI=1S/C41H39N3O6/c42-36(24-29-10-4-1-5-11-29)39(45)48-33-20-18-28(19-21-33)16-17-32-22-34(49-40(46)37(43)25-30-12-6-2-7-13-30)27-35(23-32)50-41(47)38(44)26-31-14-8-3-9-15-31/h1-23,27,36-38H,24-26,42-44H2. The highest BCUT2D eigenvalue weighted by molar-refractivity contribution is 5.81. The van der Waals surface area contributed by atoms with Gasteiger partial charge in [0.05, 0.1) is 0 Å². The third-order valence-electron chi connectivity index (χ3n) is 7.71. The minimum atomic E-state index is -0.914. The molecule has 5 rings (SSSR count). The third kappa shape index (κ3) is 10.8. The third-order valence-corrected chi connectivity index (χ3v) is 7.71. The molecule has 0 aromatic heterocycles. The van der Waals surface area contributed by atoms with Crippen molar-refractivity contribution in [3.05, 3.63) is 161 Å². The molecular weight excluding hydrogens is 630 g/mol. The summed E-state index contributed by atoms with van der Waals surface area (Å²) in [5, 5.41) is 0. The molecule has 3 unspecified atom stereocenters. The summed E-state index contributed by atoms with van der Waals surface area (Å²) < 4.78 is 16.8. The van der Waals surface area contributed by atoms with Crippen LogP contribution in [0, 0.1) is 0 Å². The lowest BCUT2D eigenvalue weighted by Crippen LogP contribution is -2.36. The highest BCUT2D eigenvalue weighted by Crippen LogP contribution is 2.26. The summed E-state index contributed by atoms with van der Waals surface area (Å²) in [6.07, 6.45) is 4.52. The molecule has 0 spiro atoms. The zero-order valence-corrected chi connectivity index (χ0v) is 27.4. The number of carbonyl (C=O) groups excluding carboxylic acids is 3. The van der Waals surface area contributed by atoms with Gasteiger partial charge in [0.15, 0.2) is 0 Å². The molecule has 254 valence electrons. The normalized spacial score (nSPS) is 12.9. The van der Waals surface area contributed by atoms with Crippen LogP contribution < -0.4 is 31.4 Å². The molecular formula is C41H39N3O6. The summed E-state index contributed by atoms with van der Waals surface area (Å²) in [4.78, 5) is 38.5. The number of esters is 3. The Morgan fingerprint density at radius 2 is 0.780 bits per heavy atom. The van der Waals surface area contributed by atoms with E-state index < -0.39 is 36.0 Å². The van der Waals surface area contributed by atoms with E-state index in [0.717, 1.165) is 22.3 Å². The van der Waals surface area contributed by atoms with E-state index in [1.54, 1.807) is 42.5 Å². The average Bonchev–Trinajstić information content (AvgIpc) is 3.12. The van der Waals surface area contributed by atoms with Crippen molar-refractivity contribution in [2.75, 3.05) is 0 Å². The van der Waals surface area contributed by atoms with Crippen molar-refractivity contribution < 1.29 is 28.6 Å². The van der Waals surface area contributed by atoms with Crippen molar-refractivity contribution >= 4 is 30.1 Å². The van der Waals surface area contributed by atoms with Crippen LogP contribution in [0.4, 0.5) is 0 Å². The molecule has 5 aromatic carbocycles. The van der Waals surface area contributed by atoms with Crippen molar-refractivity contribution in [1.82, 2.24) is 0 Å². The van der Waals surface area contributed by atoms with E-state index in [1.807, 2.05) is 97.1 Å². The highest BCUT2D eigenvalue weighted by atomic mass is 16.5. The van der Waals surface area contributed by atoms with Crippen LogP contribution in [0.25, 0.3) is 12.2 Å². The second-order valence-corrected chi connectivity index (χ2v) is 11.8. The van der Waals surface area contributed by atoms with Gasteiger partial charge in [-0.1, -0.05) is 115 Å². The van der Waals surface area contributed by atoms with E-state index in [-0.39, 0.29) is 11.5 Å². The fourth-order valence-electron chi connectivity index (χ4n) is 5.08. The fraction of sp³-hybridized carbons (Fsp3) is 0.146. The van der Waals surface area contributed by atoms with Crippen molar-refractivity contribution in [2.45, 2.75) is 37.4 Å². The molecule has 0 bridgehead atoms. The zero-order chi connectivity index (χ0) is 35.3. The largest absolute Gasteiger partial charge is 0.425 e. The molecule has 0 radical (unpaired) electrons. The Bertz CT molecular complexity index is 1820. The molecule has 0 fully saturated rings. The van der Waals surface area contributed by atoms with Gasteiger partial charge in [-0.3, -0.25) is 0 Å². The SMILES string of the molecule is NC(Cc1ccccc1)C(=O)Oc1ccc(C=Cc2cc(OC(=O)C(N)Cc3ccccc3)cc(OC(=O)C(N)Cc3ccccc3)c2)cc1. The van der Waals surface area contributed by atoms with Gasteiger partial charge < -0.3 is 31.4 Å². The second kappa shape index (κ2) is 17.5. The Morgan fingerprint density at radius 3 is 1.16 bits per heavy atom. The van der Waals surface area contributed by atoms with Gasteiger partial charge in [-0.2, -0.15) is 0 Å². The minimum absolute atomic E-state index is 0.147. The first-order valence-electron chi connectivity index (χ1n) is 16.2. The summed E-state index contributed by atoms with van der Waals surface area (Å²) in [7, 11) is 0. The minimum Gasteiger partial charge on any atom is -0.425 e. The maximum Gasteiger partial charge on any atom is 0.328 e. The maximum atomic E-state index is 13.0. The first-order valence-corrected chi connectivity index (χ1v) is 16.2. The van der Waals surface area contributed by atoms with Gasteiger partial charge >= 0.3 is 17.9 Å². The molecule has 9 nitrogen and oxygen atoms in total. The topological polar surface area (TPSA) is 157 Å². The summed E-state index contributed by atoms with van der Waals surface area (Å²) in [6, 6.07) is 37.2. The average molecular weight is 670 g/mol. The van der Waals surface area contributed by atoms with E-state index in [4.69, 9.17) is 31.4 Å². The van der Waals surface area contributed by atoms with E-state index in [2.05, 4.69) is 0 Å². The molecule has 50 heavy (non-hydrogen) atoms. The number of hydrogen-bond donors (Lipinski definition) is 3. The Labute approximate surface area is 291 Å². The van der Waals surface area contributed by atoms with Crippen LogP contribution in [0.3, 0.4) is 0 Å². The lowest BCUT2D eigenvalue weighted by molar-refractivity contribution is -0.136. The molecule has 0 amide bonds. The Morgan fingerprint density at radius 1 is 0.440 bits per heavy atom. The number of benzene rings is 5. The van der Waals surface area contributed by atoms with Crippen LogP contribution in [0.2, 0.25) is 0 Å². The number of carbonyl (C=O) groups is 3. The Balaban J connectivity index is 1.28. The summed E-state index contributed by atoms with van der Waals surface area (Å²) >= 11 is 0. The molecule has 0 saturated carbocycles. The molecule has 5 aromatic rings. The molecule has 3 atom stereocenters. The van der Waals surface area contributed by atoms with Crippen LogP contribution in [-0.4, -0.2) is 36.0 Å². The number of ether oxygens (including phenoxy) is 3. The molecule has 0 aliphatic carbocycles. The quantitative estimate of drug-likeness (QED) is 0.0813. The highest BCUT2D eigenvalue weighted by Gasteiger charge is 2.20. The van der Waals surface area contributed by atoms with E-state index in [9.17, 15) is 14.4 Å². The van der Waals surface area contributed by atoms with Gasteiger partial charge in [-0.25, -0.2) is 14.4 Å². The van der Waals surface area contributed by atoms with Crippen LogP contribution in [0.5, 0.6) is 17.2 Å². The van der Waals surface area contributed by atoms with Crippen molar-refractivity contribution in [3.63, 3.8) is 0 Å². The van der Waals surface area contributed by atoms with E-state index in [0.29, 0.717) is 30.6 Å². The Kier molecular flexibility index (Phi) is 12.4.